The maximum absolute atomic E-state index is 12.8. The molecular formula is C21H25ClN2O3. The number of anilines is 1. The fraction of sp³-hybridized carbons (Fsp3) is 0.381. The Bertz CT molecular complexity index is 846. The zero-order chi connectivity index (χ0) is 19.6. The number of carbonyl (C=O) groups excluding carboxylic acids is 1. The van der Waals surface area contributed by atoms with Gasteiger partial charge in [-0.1, -0.05) is 17.7 Å². The molecule has 0 spiro atoms. The number of methoxy groups -OCH3 is 2. The molecule has 2 aromatic carbocycles. The lowest BCUT2D eigenvalue weighted by Crippen LogP contribution is -2.48. The third-order valence-electron chi connectivity index (χ3n) is 5.11. The molecule has 0 bridgehead atoms. The number of nitrogens with zero attached hydrogens (tertiary/aromatic N) is 2. The van der Waals surface area contributed by atoms with E-state index in [4.69, 9.17) is 21.1 Å². The Morgan fingerprint density at radius 1 is 0.926 bits per heavy atom. The molecule has 5 nitrogen and oxygen atoms in total. The Kier molecular flexibility index (Phi) is 5.80. The maximum Gasteiger partial charge on any atom is 0.253 e. The Morgan fingerprint density at radius 3 is 2.19 bits per heavy atom. The number of rotatable bonds is 4. The number of halogens is 1. The number of amides is 1. The molecule has 1 saturated heterocycles. The first-order valence-electron chi connectivity index (χ1n) is 8.97. The molecule has 3 rings (SSSR count). The van der Waals surface area contributed by atoms with Crippen LogP contribution in [0.4, 0.5) is 5.69 Å². The van der Waals surface area contributed by atoms with Gasteiger partial charge in [0.25, 0.3) is 5.91 Å². The highest BCUT2D eigenvalue weighted by molar-refractivity contribution is 6.32. The lowest BCUT2D eigenvalue weighted by atomic mass is 10.1. The third-order valence-corrected chi connectivity index (χ3v) is 5.41. The van der Waals surface area contributed by atoms with E-state index >= 15 is 0 Å². The average molecular weight is 389 g/mol. The predicted molar refractivity (Wildman–Crippen MR) is 109 cm³/mol. The molecule has 1 amide bonds. The van der Waals surface area contributed by atoms with Crippen molar-refractivity contribution in [3.63, 3.8) is 0 Å². The monoisotopic (exact) mass is 388 g/mol. The molecule has 1 aliphatic rings. The molecule has 27 heavy (non-hydrogen) atoms. The number of piperazine rings is 1. The quantitative estimate of drug-likeness (QED) is 0.795. The van der Waals surface area contributed by atoms with Crippen LogP contribution in [0.1, 0.15) is 21.5 Å². The Hall–Kier alpha value is -2.40. The standard InChI is InChI=1S/C21H25ClN2O3/c1-14-5-6-16(11-15(14)2)21(25)24-9-7-23(8-10-24)18-13-19(26-3)17(22)12-20(18)27-4/h5-6,11-13H,7-10H2,1-4H3. The molecule has 144 valence electrons. The third kappa shape index (κ3) is 3.98. The fourth-order valence-electron chi connectivity index (χ4n) is 3.30. The van der Waals surface area contributed by atoms with Crippen LogP contribution in [0.2, 0.25) is 5.02 Å². The molecule has 2 aromatic rings. The number of carbonyl (C=O) groups is 1. The Balaban J connectivity index is 1.73. The Labute approximate surface area is 165 Å². The number of benzene rings is 2. The number of hydrogen-bond acceptors (Lipinski definition) is 4. The fourth-order valence-corrected chi connectivity index (χ4v) is 3.53. The van der Waals surface area contributed by atoms with Crippen LogP contribution < -0.4 is 14.4 Å². The summed E-state index contributed by atoms with van der Waals surface area (Å²) in [5.74, 6) is 1.40. The first kappa shape index (κ1) is 19.4. The molecule has 0 N–H and O–H groups in total. The molecule has 6 heteroatoms. The van der Waals surface area contributed by atoms with Gasteiger partial charge in [-0.3, -0.25) is 4.79 Å². The molecule has 1 aliphatic heterocycles. The molecule has 0 atom stereocenters. The summed E-state index contributed by atoms with van der Waals surface area (Å²) in [4.78, 5) is 16.9. The predicted octanol–water partition coefficient (Wildman–Crippen LogP) is 3.94. The van der Waals surface area contributed by atoms with E-state index in [1.54, 1.807) is 20.3 Å². The van der Waals surface area contributed by atoms with Crippen LogP contribution in [0, 0.1) is 13.8 Å². The van der Waals surface area contributed by atoms with Crippen LogP contribution in [0.15, 0.2) is 30.3 Å². The lowest BCUT2D eigenvalue weighted by Gasteiger charge is -2.37. The van der Waals surface area contributed by atoms with E-state index in [1.165, 1.54) is 5.56 Å². The van der Waals surface area contributed by atoms with Gasteiger partial charge in [-0.15, -0.1) is 0 Å². The smallest absolute Gasteiger partial charge is 0.253 e. The zero-order valence-corrected chi connectivity index (χ0v) is 17.0. The van der Waals surface area contributed by atoms with Crippen molar-refractivity contribution in [2.45, 2.75) is 13.8 Å². The van der Waals surface area contributed by atoms with E-state index in [1.807, 2.05) is 36.1 Å². The molecule has 0 saturated carbocycles. The molecule has 0 radical (unpaired) electrons. The van der Waals surface area contributed by atoms with Crippen LogP contribution in [-0.4, -0.2) is 51.2 Å². The van der Waals surface area contributed by atoms with Crippen molar-refractivity contribution < 1.29 is 14.3 Å². The summed E-state index contributed by atoms with van der Waals surface area (Å²) in [5.41, 5.74) is 4.01. The van der Waals surface area contributed by atoms with Crippen molar-refractivity contribution in [1.82, 2.24) is 4.90 Å². The van der Waals surface area contributed by atoms with Gasteiger partial charge < -0.3 is 19.3 Å². The van der Waals surface area contributed by atoms with Gasteiger partial charge in [-0.25, -0.2) is 0 Å². The minimum absolute atomic E-state index is 0.0819. The van der Waals surface area contributed by atoms with Crippen molar-refractivity contribution in [2.75, 3.05) is 45.3 Å². The van der Waals surface area contributed by atoms with E-state index in [9.17, 15) is 4.79 Å². The highest BCUT2D eigenvalue weighted by atomic mass is 35.5. The van der Waals surface area contributed by atoms with Crippen LogP contribution in [0.25, 0.3) is 0 Å². The summed E-state index contributed by atoms with van der Waals surface area (Å²) in [7, 11) is 3.22. The first-order chi connectivity index (χ1) is 12.9. The van der Waals surface area contributed by atoms with E-state index in [0.717, 1.165) is 29.9 Å². The Morgan fingerprint density at radius 2 is 1.59 bits per heavy atom. The van der Waals surface area contributed by atoms with Gasteiger partial charge in [0.05, 0.1) is 24.9 Å². The van der Waals surface area contributed by atoms with Crippen molar-refractivity contribution >= 4 is 23.2 Å². The van der Waals surface area contributed by atoms with Gasteiger partial charge in [-0.2, -0.15) is 0 Å². The van der Waals surface area contributed by atoms with Crippen molar-refractivity contribution in [2.24, 2.45) is 0 Å². The largest absolute Gasteiger partial charge is 0.495 e. The normalized spacial score (nSPS) is 14.3. The maximum atomic E-state index is 12.8. The van der Waals surface area contributed by atoms with Crippen LogP contribution >= 0.6 is 11.6 Å². The molecule has 0 unspecified atom stereocenters. The van der Waals surface area contributed by atoms with Gasteiger partial charge in [0.15, 0.2) is 0 Å². The molecular weight excluding hydrogens is 364 g/mol. The van der Waals surface area contributed by atoms with Crippen molar-refractivity contribution in [3.8, 4) is 11.5 Å². The van der Waals surface area contributed by atoms with Gasteiger partial charge in [0.1, 0.15) is 11.5 Å². The molecule has 1 heterocycles. The average Bonchev–Trinajstić information content (AvgIpc) is 2.69. The first-order valence-corrected chi connectivity index (χ1v) is 9.35. The second-order valence-electron chi connectivity index (χ2n) is 6.74. The summed E-state index contributed by atoms with van der Waals surface area (Å²) in [6.45, 7) is 6.83. The molecule has 0 aliphatic carbocycles. The minimum atomic E-state index is 0.0819. The molecule has 1 fully saturated rings. The topological polar surface area (TPSA) is 42.0 Å². The second kappa shape index (κ2) is 8.09. The summed E-state index contributed by atoms with van der Waals surface area (Å²) in [6.07, 6.45) is 0. The summed E-state index contributed by atoms with van der Waals surface area (Å²) >= 11 is 6.20. The van der Waals surface area contributed by atoms with Crippen LogP contribution in [-0.2, 0) is 0 Å². The van der Waals surface area contributed by atoms with Crippen molar-refractivity contribution in [3.05, 3.63) is 52.0 Å². The van der Waals surface area contributed by atoms with E-state index < -0.39 is 0 Å². The number of ether oxygens (including phenoxy) is 2. The van der Waals surface area contributed by atoms with Gasteiger partial charge in [-0.05, 0) is 37.1 Å². The van der Waals surface area contributed by atoms with Gasteiger partial charge >= 0.3 is 0 Å². The summed E-state index contributed by atoms with van der Waals surface area (Å²) in [5, 5.41) is 0.515. The summed E-state index contributed by atoms with van der Waals surface area (Å²) < 4.78 is 10.8. The zero-order valence-electron chi connectivity index (χ0n) is 16.2. The lowest BCUT2D eigenvalue weighted by molar-refractivity contribution is 0.0746. The minimum Gasteiger partial charge on any atom is -0.495 e. The molecule has 0 aromatic heterocycles. The van der Waals surface area contributed by atoms with Gasteiger partial charge in [0.2, 0.25) is 0 Å². The van der Waals surface area contributed by atoms with E-state index in [2.05, 4.69) is 11.8 Å². The SMILES string of the molecule is COc1cc(N2CCN(C(=O)c3ccc(C)c(C)c3)CC2)c(OC)cc1Cl. The van der Waals surface area contributed by atoms with Crippen LogP contribution in [0.5, 0.6) is 11.5 Å². The van der Waals surface area contributed by atoms with Gasteiger partial charge in [0, 0.05) is 43.9 Å². The highest BCUT2D eigenvalue weighted by Gasteiger charge is 2.25. The van der Waals surface area contributed by atoms with Crippen molar-refractivity contribution in [1.29, 1.82) is 0 Å². The second-order valence-corrected chi connectivity index (χ2v) is 7.14. The summed E-state index contributed by atoms with van der Waals surface area (Å²) in [6, 6.07) is 9.54. The van der Waals surface area contributed by atoms with Crippen LogP contribution in [0.3, 0.4) is 0 Å². The van der Waals surface area contributed by atoms with E-state index in [-0.39, 0.29) is 5.91 Å². The van der Waals surface area contributed by atoms with E-state index in [0.29, 0.717) is 29.6 Å². The number of aryl methyl sites for hydroxylation is 2. The number of hydrogen-bond donors (Lipinski definition) is 0. The highest BCUT2D eigenvalue weighted by Crippen LogP contribution is 2.38.